The fourth-order valence-corrected chi connectivity index (χ4v) is 4.33. The van der Waals surface area contributed by atoms with E-state index in [9.17, 15) is 4.79 Å². The number of hydrogen-bond donors (Lipinski definition) is 1. The number of rotatable bonds is 7. The van der Waals surface area contributed by atoms with Gasteiger partial charge in [-0.15, -0.1) is 12.4 Å². The number of piperazine rings is 1. The number of nitrogens with one attached hydrogen (secondary N) is 1. The van der Waals surface area contributed by atoms with Gasteiger partial charge >= 0.3 is 0 Å². The molecule has 3 heterocycles. The molecule has 1 saturated heterocycles. The van der Waals surface area contributed by atoms with Gasteiger partial charge in [0.05, 0.1) is 4.70 Å². The summed E-state index contributed by atoms with van der Waals surface area (Å²) < 4.78 is 5.93. The Morgan fingerprint density at radius 1 is 1.03 bits per heavy atom. The predicted molar refractivity (Wildman–Crippen MR) is 121 cm³/mol. The van der Waals surface area contributed by atoms with Crippen molar-refractivity contribution < 1.29 is 4.79 Å². The maximum Gasteiger partial charge on any atom is 0.269 e. The van der Waals surface area contributed by atoms with Gasteiger partial charge in [-0.2, -0.15) is 4.37 Å². The molecule has 1 fully saturated rings. The zero-order valence-corrected chi connectivity index (χ0v) is 17.9. The van der Waals surface area contributed by atoms with E-state index < -0.39 is 0 Å². The Kier molecular flexibility index (Phi) is 7.80. The normalized spacial score (nSPS) is 14.6. The number of carbonyl (C=O) groups excluding carboxylic acids is 1. The first-order valence-electron chi connectivity index (χ1n) is 9.82. The summed E-state index contributed by atoms with van der Waals surface area (Å²) in [7, 11) is 0. The van der Waals surface area contributed by atoms with E-state index in [2.05, 4.69) is 48.7 Å². The monoisotopic (exact) mass is 431 g/mol. The van der Waals surface area contributed by atoms with Crippen molar-refractivity contribution in [1.29, 1.82) is 0 Å². The molecular weight excluding hydrogens is 406 g/mol. The fourth-order valence-electron chi connectivity index (χ4n) is 3.53. The third-order valence-electron chi connectivity index (χ3n) is 5.11. The maximum absolute atomic E-state index is 12.0. The van der Waals surface area contributed by atoms with Gasteiger partial charge in [0.25, 0.3) is 5.91 Å². The first-order valence-corrected chi connectivity index (χ1v) is 10.6. The number of halogens is 1. The van der Waals surface area contributed by atoms with Crippen molar-refractivity contribution in [2.75, 3.05) is 44.2 Å². The number of fused-ring (bicyclic) bond motifs is 1. The molecule has 4 rings (SSSR count). The van der Waals surface area contributed by atoms with Crippen molar-refractivity contribution in [3.05, 3.63) is 54.4 Å². The number of aromatic nitrogens is 2. The largest absolute Gasteiger partial charge is 0.353 e. The van der Waals surface area contributed by atoms with E-state index in [0.717, 1.165) is 51.4 Å². The van der Waals surface area contributed by atoms with Gasteiger partial charge in [-0.1, -0.05) is 18.2 Å². The molecule has 3 aromatic rings. The van der Waals surface area contributed by atoms with E-state index in [1.165, 1.54) is 10.1 Å². The Labute approximate surface area is 181 Å². The lowest BCUT2D eigenvalue weighted by Gasteiger charge is -2.35. The third-order valence-corrected chi connectivity index (χ3v) is 5.93. The molecule has 8 heteroatoms. The molecule has 0 spiro atoms. The van der Waals surface area contributed by atoms with E-state index in [1.807, 2.05) is 12.1 Å². The van der Waals surface area contributed by atoms with Crippen molar-refractivity contribution in [2.45, 2.75) is 12.8 Å². The second-order valence-electron chi connectivity index (χ2n) is 7.01. The van der Waals surface area contributed by atoms with Gasteiger partial charge < -0.3 is 10.2 Å². The number of benzene rings is 1. The molecule has 2 aromatic heterocycles. The summed E-state index contributed by atoms with van der Waals surface area (Å²) in [6, 6.07) is 13.8. The molecule has 1 aliphatic rings. The highest BCUT2D eigenvalue weighted by molar-refractivity contribution is 7.13. The number of pyridine rings is 1. The molecule has 0 radical (unpaired) electrons. The van der Waals surface area contributed by atoms with Crippen LogP contribution in [0, 0.1) is 0 Å². The highest BCUT2D eigenvalue weighted by Crippen LogP contribution is 2.29. The minimum absolute atomic E-state index is 0. The lowest BCUT2D eigenvalue weighted by molar-refractivity contribution is 0.0947. The highest BCUT2D eigenvalue weighted by atomic mass is 35.5. The van der Waals surface area contributed by atoms with Crippen LogP contribution in [0.2, 0.25) is 0 Å². The lowest BCUT2D eigenvalue weighted by Crippen LogP contribution is -2.46. The zero-order valence-electron chi connectivity index (χ0n) is 16.3. The highest BCUT2D eigenvalue weighted by Gasteiger charge is 2.20. The first-order chi connectivity index (χ1) is 13.8. The molecule has 154 valence electrons. The van der Waals surface area contributed by atoms with Crippen molar-refractivity contribution in [3.63, 3.8) is 0 Å². The van der Waals surface area contributed by atoms with Crippen LogP contribution >= 0.6 is 23.9 Å². The minimum Gasteiger partial charge on any atom is -0.353 e. The zero-order chi connectivity index (χ0) is 19.2. The van der Waals surface area contributed by atoms with Crippen LogP contribution in [0.5, 0.6) is 0 Å². The van der Waals surface area contributed by atoms with Gasteiger partial charge in [-0.25, -0.2) is 0 Å². The van der Waals surface area contributed by atoms with E-state index in [1.54, 1.807) is 23.8 Å². The van der Waals surface area contributed by atoms with Gasteiger partial charge in [-0.3, -0.25) is 14.7 Å². The number of amides is 1. The summed E-state index contributed by atoms with van der Waals surface area (Å²) in [5, 5.41) is 4.21. The van der Waals surface area contributed by atoms with E-state index in [0.29, 0.717) is 12.2 Å². The Hall–Kier alpha value is -2.22. The minimum atomic E-state index is -0.0929. The Bertz CT molecular complexity index is 912. The Morgan fingerprint density at radius 3 is 2.62 bits per heavy atom. The van der Waals surface area contributed by atoms with Gasteiger partial charge in [-0.05, 0) is 55.2 Å². The predicted octanol–water partition coefficient (Wildman–Crippen LogP) is 3.45. The van der Waals surface area contributed by atoms with E-state index in [-0.39, 0.29) is 18.3 Å². The van der Waals surface area contributed by atoms with E-state index >= 15 is 0 Å². The molecule has 0 atom stereocenters. The number of anilines is 1. The van der Waals surface area contributed by atoms with Gasteiger partial charge in [0.1, 0.15) is 11.5 Å². The van der Waals surface area contributed by atoms with E-state index in [4.69, 9.17) is 0 Å². The van der Waals surface area contributed by atoms with Crippen LogP contribution in [-0.2, 0) is 0 Å². The summed E-state index contributed by atoms with van der Waals surface area (Å²) in [6.07, 6.45) is 3.71. The molecule has 0 bridgehead atoms. The topological polar surface area (TPSA) is 61.4 Å². The second kappa shape index (κ2) is 10.5. The summed E-state index contributed by atoms with van der Waals surface area (Å²) in [5.74, 6) is 1.04. The lowest BCUT2D eigenvalue weighted by atomic mass is 10.2. The van der Waals surface area contributed by atoms with Crippen LogP contribution in [0.25, 0.3) is 10.1 Å². The maximum atomic E-state index is 12.0. The second-order valence-corrected chi connectivity index (χ2v) is 7.81. The van der Waals surface area contributed by atoms with Gasteiger partial charge in [0.15, 0.2) is 0 Å². The summed E-state index contributed by atoms with van der Waals surface area (Å²) in [4.78, 5) is 20.9. The standard InChI is InChI=1S/C21H25N5OS.ClH/c27-21(18-8-3-4-10-22-18)23-11-5-6-12-25-13-15-26(16-14-25)20-17-7-1-2-9-19(17)28-24-20;/h1-4,7-10H,5-6,11-16H2,(H,23,27);1H. The molecule has 6 nitrogen and oxygen atoms in total. The first kappa shape index (κ1) is 21.5. The molecule has 1 N–H and O–H groups in total. The van der Waals surface area contributed by atoms with Crippen LogP contribution in [0.3, 0.4) is 0 Å². The van der Waals surface area contributed by atoms with Crippen LogP contribution in [0.1, 0.15) is 23.3 Å². The average molecular weight is 432 g/mol. The summed E-state index contributed by atoms with van der Waals surface area (Å²) in [5.41, 5.74) is 0.480. The van der Waals surface area contributed by atoms with Crippen LogP contribution in [0.4, 0.5) is 5.82 Å². The molecular formula is C21H26ClN5OS. The van der Waals surface area contributed by atoms with Crippen LogP contribution in [0.15, 0.2) is 48.7 Å². The molecule has 1 amide bonds. The van der Waals surface area contributed by atoms with Crippen molar-refractivity contribution >= 4 is 45.8 Å². The fraction of sp³-hybridized carbons (Fsp3) is 0.381. The van der Waals surface area contributed by atoms with Crippen molar-refractivity contribution in [2.24, 2.45) is 0 Å². The number of nitrogens with zero attached hydrogens (tertiary/aromatic N) is 4. The van der Waals surface area contributed by atoms with Crippen molar-refractivity contribution in [1.82, 2.24) is 19.6 Å². The quantitative estimate of drug-likeness (QED) is 0.580. The Balaban J connectivity index is 0.00000240. The van der Waals surface area contributed by atoms with Gasteiger partial charge in [0.2, 0.25) is 0 Å². The molecule has 1 aromatic carbocycles. The van der Waals surface area contributed by atoms with Gasteiger partial charge in [0, 0.05) is 44.3 Å². The molecule has 0 aliphatic carbocycles. The number of unbranched alkanes of at least 4 members (excludes halogenated alkanes) is 1. The SMILES string of the molecule is Cl.O=C(NCCCCN1CCN(c2nsc3ccccc23)CC1)c1ccccn1. The Morgan fingerprint density at radius 2 is 1.83 bits per heavy atom. The number of carbonyl (C=O) groups is 1. The van der Waals surface area contributed by atoms with Crippen molar-refractivity contribution in [3.8, 4) is 0 Å². The molecule has 0 saturated carbocycles. The third kappa shape index (κ3) is 5.44. The number of hydrogen-bond acceptors (Lipinski definition) is 6. The van der Waals surface area contributed by atoms with Crippen LogP contribution in [-0.4, -0.2) is 59.4 Å². The summed E-state index contributed by atoms with van der Waals surface area (Å²) >= 11 is 1.58. The molecule has 1 aliphatic heterocycles. The molecule has 0 unspecified atom stereocenters. The van der Waals surface area contributed by atoms with Crippen LogP contribution < -0.4 is 10.2 Å². The smallest absolute Gasteiger partial charge is 0.269 e. The molecule has 29 heavy (non-hydrogen) atoms. The average Bonchev–Trinajstić information content (AvgIpc) is 3.19. The summed E-state index contributed by atoms with van der Waals surface area (Å²) in [6.45, 7) is 5.93.